The molecule has 144 valence electrons. The van der Waals surface area contributed by atoms with E-state index in [4.69, 9.17) is 10.5 Å². The molecule has 0 fully saturated rings. The maximum atomic E-state index is 10.8. The van der Waals surface area contributed by atoms with Gasteiger partial charge in [0.05, 0.1) is 6.04 Å². The summed E-state index contributed by atoms with van der Waals surface area (Å²) < 4.78 is 0. The van der Waals surface area contributed by atoms with Crippen LogP contribution < -0.4 is 11.5 Å². The molecule has 5 nitrogen and oxygen atoms in total. The van der Waals surface area contributed by atoms with E-state index in [2.05, 4.69) is 69.4 Å². The van der Waals surface area contributed by atoms with Crippen LogP contribution in [0.2, 0.25) is 0 Å². The third-order valence-corrected chi connectivity index (χ3v) is 3.58. The number of nitrogens with two attached hydrogens (primary N) is 2. The van der Waals surface area contributed by atoms with Crippen LogP contribution in [0.15, 0.2) is 29.3 Å². The fourth-order valence-corrected chi connectivity index (χ4v) is 1.71. The van der Waals surface area contributed by atoms with E-state index in [-0.39, 0.29) is 17.2 Å². The van der Waals surface area contributed by atoms with Gasteiger partial charge in [-0.1, -0.05) is 70.9 Å². The molecule has 25 heavy (non-hydrogen) atoms. The second-order valence-corrected chi connectivity index (χ2v) is 6.53. The monoisotopic (exact) mass is 351 g/mol. The summed E-state index contributed by atoms with van der Waals surface area (Å²) in [5, 5.41) is 0. The molecule has 0 heterocycles. The standard InChI is InChI=1S/C11H16.C7H14N2O.CH5N.CH2O/c1-9-6-5-7-10(8-9)11(2,3)4;1-4-5(2)6(8)7(10)9-3;2*1-2/h5-8H,1-4H3;5-6H,3-4,8H2,1-2H3;2H2,1H3;1H2/t;5-,6?;;/m.0../s1. The van der Waals surface area contributed by atoms with Crippen LogP contribution in [0.5, 0.6) is 0 Å². The fraction of sp³-hybridized carbons (Fsp3) is 0.550. The number of carbonyl (C=O) groups is 2. The van der Waals surface area contributed by atoms with Gasteiger partial charge in [-0.05, 0) is 37.6 Å². The van der Waals surface area contributed by atoms with Gasteiger partial charge in [-0.25, -0.2) is 4.99 Å². The average Bonchev–Trinajstić information content (AvgIpc) is 2.63. The predicted octanol–water partition coefficient (Wildman–Crippen LogP) is 3.27. The topological polar surface area (TPSA) is 98.5 Å². The van der Waals surface area contributed by atoms with Crippen molar-refractivity contribution in [3.05, 3.63) is 35.4 Å². The van der Waals surface area contributed by atoms with Gasteiger partial charge in [-0.3, -0.25) is 4.79 Å². The molecule has 2 atom stereocenters. The minimum Gasteiger partial charge on any atom is -0.333 e. The predicted molar refractivity (Wildman–Crippen MR) is 109 cm³/mol. The maximum Gasteiger partial charge on any atom is 0.262 e. The van der Waals surface area contributed by atoms with Gasteiger partial charge in [0.1, 0.15) is 6.79 Å². The molecule has 1 aromatic carbocycles. The lowest BCUT2D eigenvalue weighted by molar-refractivity contribution is -0.119. The Morgan fingerprint density at radius 1 is 1.24 bits per heavy atom. The zero-order valence-electron chi connectivity index (χ0n) is 17.0. The Morgan fingerprint density at radius 3 is 2.00 bits per heavy atom. The van der Waals surface area contributed by atoms with E-state index in [1.807, 2.05) is 20.6 Å². The number of hydrogen-bond acceptors (Lipinski definition) is 4. The van der Waals surface area contributed by atoms with Crippen molar-refractivity contribution in [1.82, 2.24) is 0 Å². The second-order valence-electron chi connectivity index (χ2n) is 6.53. The number of carbonyl (C=O) groups excluding carboxylic acids is 2. The molecule has 0 aliphatic rings. The van der Waals surface area contributed by atoms with Crippen LogP contribution in [0.4, 0.5) is 0 Å². The molecule has 1 amide bonds. The highest BCUT2D eigenvalue weighted by molar-refractivity contribution is 5.85. The minimum absolute atomic E-state index is 0.193. The van der Waals surface area contributed by atoms with E-state index in [1.54, 1.807) is 0 Å². The molecule has 4 N–H and O–H groups in total. The van der Waals surface area contributed by atoms with Gasteiger partial charge in [0.2, 0.25) is 0 Å². The number of hydrogen-bond donors (Lipinski definition) is 2. The number of aryl methyl sites for hydroxylation is 1. The molecule has 0 aliphatic carbocycles. The summed E-state index contributed by atoms with van der Waals surface area (Å²) in [7, 11) is 1.50. The second kappa shape index (κ2) is 15.7. The Hall–Kier alpha value is -1.85. The number of rotatable bonds is 3. The van der Waals surface area contributed by atoms with Crippen LogP contribution >= 0.6 is 0 Å². The van der Waals surface area contributed by atoms with Crippen molar-refractivity contribution in [3.8, 4) is 0 Å². The molecule has 1 unspecified atom stereocenters. The Bertz CT molecular complexity index is 482. The van der Waals surface area contributed by atoms with Crippen LogP contribution in [0.1, 0.15) is 52.2 Å². The van der Waals surface area contributed by atoms with Gasteiger partial charge < -0.3 is 16.3 Å². The third-order valence-electron chi connectivity index (χ3n) is 3.58. The van der Waals surface area contributed by atoms with Crippen molar-refractivity contribution >= 4 is 19.4 Å². The molecule has 1 rings (SSSR count). The third kappa shape index (κ3) is 13.2. The van der Waals surface area contributed by atoms with E-state index < -0.39 is 6.04 Å². The summed E-state index contributed by atoms with van der Waals surface area (Å²) in [6, 6.07) is 8.22. The molecular weight excluding hydrogens is 314 g/mol. The highest BCUT2D eigenvalue weighted by Crippen LogP contribution is 2.22. The number of aliphatic imine (C=N–C) groups is 1. The summed E-state index contributed by atoms with van der Waals surface area (Å²) in [5.74, 6) is -0.118. The fourth-order valence-electron chi connectivity index (χ4n) is 1.71. The molecule has 0 aromatic heterocycles. The molecule has 0 radical (unpaired) electrons. The molecule has 0 spiro atoms. The van der Waals surface area contributed by atoms with Crippen LogP contribution in [0.3, 0.4) is 0 Å². The molecule has 0 aliphatic heterocycles. The van der Waals surface area contributed by atoms with Gasteiger partial charge in [0.15, 0.2) is 0 Å². The first-order valence-corrected chi connectivity index (χ1v) is 8.33. The summed E-state index contributed by atoms with van der Waals surface area (Å²) in [4.78, 5) is 22.0. The Kier molecular flexibility index (Phi) is 17.5. The summed E-state index contributed by atoms with van der Waals surface area (Å²) in [6.45, 7) is 17.9. The van der Waals surface area contributed by atoms with Gasteiger partial charge in [-0.2, -0.15) is 0 Å². The largest absolute Gasteiger partial charge is 0.333 e. The Labute approximate surface area is 153 Å². The first kappa shape index (κ1) is 28.0. The first-order chi connectivity index (χ1) is 11.6. The molecule has 0 bridgehead atoms. The zero-order valence-corrected chi connectivity index (χ0v) is 17.0. The van der Waals surface area contributed by atoms with E-state index >= 15 is 0 Å². The normalized spacial score (nSPS) is 11.9. The lowest BCUT2D eigenvalue weighted by Crippen LogP contribution is -2.35. The molecule has 0 saturated heterocycles. The van der Waals surface area contributed by atoms with E-state index in [9.17, 15) is 4.79 Å². The SMILES string of the molecule is C=NC(=O)C(N)[C@@H](C)CC.C=O.CN.Cc1cccc(C(C)(C)C)c1. The van der Waals surface area contributed by atoms with Crippen LogP contribution in [-0.2, 0) is 15.0 Å². The van der Waals surface area contributed by atoms with Crippen molar-refractivity contribution in [2.45, 2.75) is 59.4 Å². The lowest BCUT2D eigenvalue weighted by Gasteiger charge is -2.19. The van der Waals surface area contributed by atoms with E-state index in [1.165, 1.54) is 18.2 Å². The smallest absolute Gasteiger partial charge is 0.262 e. The quantitative estimate of drug-likeness (QED) is 0.816. The summed E-state index contributed by atoms with van der Waals surface area (Å²) in [6.07, 6.45) is 0.891. The number of amides is 1. The molecular formula is C20H37N3O2. The molecule has 0 saturated carbocycles. The van der Waals surface area contributed by atoms with Crippen molar-refractivity contribution in [3.63, 3.8) is 0 Å². The van der Waals surface area contributed by atoms with Crippen molar-refractivity contribution in [1.29, 1.82) is 0 Å². The molecule has 5 heteroatoms. The Balaban J connectivity index is -0.000000324. The van der Waals surface area contributed by atoms with Crippen molar-refractivity contribution < 1.29 is 9.59 Å². The van der Waals surface area contributed by atoms with E-state index in [0.29, 0.717) is 0 Å². The number of benzene rings is 1. The zero-order chi connectivity index (χ0) is 20.6. The van der Waals surface area contributed by atoms with E-state index in [0.717, 1.165) is 6.42 Å². The lowest BCUT2D eigenvalue weighted by atomic mass is 9.86. The van der Waals surface area contributed by atoms with Crippen molar-refractivity contribution in [2.75, 3.05) is 7.05 Å². The van der Waals surface area contributed by atoms with Crippen molar-refractivity contribution in [2.24, 2.45) is 22.4 Å². The molecule has 1 aromatic rings. The summed E-state index contributed by atoms with van der Waals surface area (Å²) in [5.41, 5.74) is 13.0. The summed E-state index contributed by atoms with van der Waals surface area (Å²) >= 11 is 0. The Morgan fingerprint density at radius 2 is 1.72 bits per heavy atom. The van der Waals surface area contributed by atoms with Crippen LogP contribution in [0.25, 0.3) is 0 Å². The maximum absolute atomic E-state index is 10.8. The number of nitrogens with zero attached hydrogens (tertiary/aromatic N) is 1. The van der Waals surface area contributed by atoms with Gasteiger partial charge in [0.25, 0.3) is 5.91 Å². The highest BCUT2D eigenvalue weighted by Gasteiger charge is 2.17. The highest BCUT2D eigenvalue weighted by atomic mass is 16.1. The van der Waals surface area contributed by atoms with Gasteiger partial charge >= 0.3 is 0 Å². The minimum atomic E-state index is -0.470. The van der Waals surface area contributed by atoms with Gasteiger partial charge in [0, 0.05) is 0 Å². The van der Waals surface area contributed by atoms with Gasteiger partial charge in [-0.15, -0.1) is 0 Å². The van der Waals surface area contributed by atoms with Crippen LogP contribution in [0, 0.1) is 12.8 Å². The first-order valence-electron chi connectivity index (χ1n) is 8.33. The van der Waals surface area contributed by atoms with Crippen LogP contribution in [-0.4, -0.2) is 32.5 Å². The average molecular weight is 352 g/mol.